The number of H-pyrrole nitrogens is 1. The number of imidazole rings is 1. The number of aromatic amines is 1. The molecule has 1 aliphatic rings. The molecule has 3 heteroatoms. The van der Waals surface area contributed by atoms with Crippen LogP contribution < -0.4 is 5.32 Å². The Hall–Kier alpha value is -0.830. The Morgan fingerprint density at radius 2 is 2.06 bits per heavy atom. The maximum atomic E-state index is 4.65. The largest absolute Gasteiger partial charge is 0.345 e. The number of hydrogen-bond donors (Lipinski definition) is 2. The third-order valence-electron chi connectivity index (χ3n) is 3.43. The van der Waals surface area contributed by atoms with Gasteiger partial charge in [-0.25, -0.2) is 4.98 Å². The molecule has 0 radical (unpaired) electrons. The van der Waals surface area contributed by atoms with Crippen molar-refractivity contribution in [3.63, 3.8) is 0 Å². The van der Waals surface area contributed by atoms with Crippen LogP contribution in [0.25, 0.3) is 0 Å². The van der Waals surface area contributed by atoms with Crippen LogP contribution in [0.15, 0.2) is 0 Å². The van der Waals surface area contributed by atoms with E-state index < -0.39 is 0 Å². The Bertz CT molecular complexity index is 335. The number of nitrogens with one attached hydrogen (secondary N) is 2. The standard InChI is InChI=1S/C13H23N3/c1-9(2)13-10(3)15-12(16-13)8-14-11-6-4-5-7-11/h9,11,14H,4-8H2,1-3H3,(H,15,16). The van der Waals surface area contributed by atoms with Crippen molar-refractivity contribution < 1.29 is 0 Å². The number of nitrogens with zero attached hydrogens (tertiary/aromatic N) is 1. The van der Waals surface area contributed by atoms with E-state index in [0.717, 1.165) is 12.4 Å². The summed E-state index contributed by atoms with van der Waals surface area (Å²) in [5, 5.41) is 3.58. The van der Waals surface area contributed by atoms with E-state index in [0.29, 0.717) is 12.0 Å². The van der Waals surface area contributed by atoms with Crippen molar-refractivity contribution in [3.05, 3.63) is 17.2 Å². The van der Waals surface area contributed by atoms with Crippen molar-refractivity contribution >= 4 is 0 Å². The second-order valence-corrected chi connectivity index (χ2v) is 5.21. The van der Waals surface area contributed by atoms with Crippen molar-refractivity contribution in [2.45, 2.75) is 65.0 Å². The predicted molar refractivity (Wildman–Crippen MR) is 66.5 cm³/mol. The fourth-order valence-electron chi connectivity index (χ4n) is 2.55. The van der Waals surface area contributed by atoms with Gasteiger partial charge in [-0.3, -0.25) is 0 Å². The van der Waals surface area contributed by atoms with E-state index in [1.807, 2.05) is 0 Å². The molecule has 0 amide bonds. The molecule has 2 rings (SSSR count). The maximum absolute atomic E-state index is 4.65. The molecule has 0 saturated heterocycles. The van der Waals surface area contributed by atoms with Crippen LogP contribution in [0.4, 0.5) is 0 Å². The van der Waals surface area contributed by atoms with E-state index in [9.17, 15) is 0 Å². The normalized spacial score (nSPS) is 17.5. The van der Waals surface area contributed by atoms with Gasteiger partial charge in [-0.1, -0.05) is 26.7 Å². The van der Waals surface area contributed by atoms with Crippen molar-refractivity contribution in [1.82, 2.24) is 15.3 Å². The van der Waals surface area contributed by atoms with Gasteiger partial charge in [-0.15, -0.1) is 0 Å². The lowest BCUT2D eigenvalue weighted by molar-refractivity contribution is 0.514. The third-order valence-corrected chi connectivity index (χ3v) is 3.43. The predicted octanol–water partition coefficient (Wildman–Crippen LogP) is 2.87. The van der Waals surface area contributed by atoms with E-state index in [2.05, 4.69) is 36.1 Å². The first-order valence-electron chi connectivity index (χ1n) is 6.45. The Kier molecular flexibility index (Phi) is 3.64. The van der Waals surface area contributed by atoms with E-state index in [4.69, 9.17) is 0 Å². The highest BCUT2D eigenvalue weighted by atomic mass is 15.0. The molecule has 2 N–H and O–H groups in total. The Morgan fingerprint density at radius 1 is 1.38 bits per heavy atom. The van der Waals surface area contributed by atoms with Crippen LogP contribution in [-0.2, 0) is 6.54 Å². The molecule has 0 bridgehead atoms. The summed E-state index contributed by atoms with van der Waals surface area (Å²) in [4.78, 5) is 8.03. The van der Waals surface area contributed by atoms with Gasteiger partial charge in [0.25, 0.3) is 0 Å². The third kappa shape index (κ3) is 2.64. The molecular weight excluding hydrogens is 198 g/mol. The average Bonchev–Trinajstić information content (AvgIpc) is 2.83. The molecule has 3 nitrogen and oxygen atoms in total. The molecule has 0 unspecified atom stereocenters. The topological polar surface area (TPSA) is 40.7 Å². The van der Waals surface area contributed by atoms with Crippen LogP contribution in [0.3, 0.4) is 0 Å². The number of hydrogen-bond acceptors (Lipinski definition) is 2. The Labute approximate surface area is 98.1 Å². The average molecular weight is 221 g/mol. The fourth-order valence-corrected chi connectivity index (χ4v) is 2.55. The molecular formula is C13H23N3. The van der Waals surface area contributed by atoms with E-state index >= 15 is 0 Å². The second-order valence-electron chi connectivity index (χ2n) is 5.21. The molecule has 0 spiro atoms. The van der Waals surface area contributed by atoms with Gasteiger partial charge in [0.1, 0.15) is 5.82 Å². The number of aromatic nitrogens is 2. The highest BCUT2D eigenvalue weighted by Gasteiger charge is 2.15. The van der Waals surface area contributed by atoms with Gasteiger partial charge in [0.15, 0.2) is 0 Å². The van der Waals surface area contributed by atoms with Crippen LogP contribution in [-0.4, -0.2) is 16.0 Å². The van der Waals surface area contributed by atoms with Crippen molar-refractivity contribution in [1.29, 1.82) is 0 Å². The minimum atomic E-state index is 0.511. The smallest absolute Gasteiger partial charge is 0.120 e. The summed E-state index contributed by atoms with van der Waals surface area (Å²) in [5.74, 6) is 1.60. The molecule has 1 saturated carbocycles. The molecule has 0 aromatic carbocycles. The lowest BCUT2D eigenvalue weighted by Gasteiger charge is -2.09. The Morgan fingerprint density at radius 3 is 2.62 bits per heavy atom. The first-order valence-corrected chi connectivity index (χ1v) is 6.45. The molecule has 90 valence electrons. The lowest BCUT2D eigenvalue weighted by atomic mass is 10.1. The first-order chi connectivity index (χ1) is 7.66. The highest BCUT2D eigenvalue weighted by molar-refractivity contribution is 5.16. The zero-order valence-corrected chi connectivity index (χ0v) is 10.6. The highest BCUT2D eigenvalue weighted by Crippen LogP contribution is 2.19. The molecule has 0 aliphatic heterocycles. The minimum Gasteiger partial charge on any atom is -0.345 e. The molecule has 1 aromatic heterocycles. The summed E-state index contributed by atoms with van der Waals surface area (Å²) in [6.45, 7) is 7.38. The van der Waals surface area contributed by atoms with E-state index in [1.54, 1.807) is 0 Å². The zero-order chi connectivity index (χ0) is 11.5. The van der Waals surface area contributed by atoms with Gasteiger partial charge < -0.3 is 10.3 Å². The summed E-state index contributed by atoms with van der Waals surface area (Å²) < 4.78 is 0. The van der Waals surface area contributed by atoms with Crippen LogP contribution in [0, 0.1) is 6.92 Å². The SMILES string of the molecule is Cc1[nH]c(CNC2CCCC2)nc1C(C)C. The van der Waals surface area contributed by atoms with Crippen molar-refractivity contribution in [2.24, 2.45) is 0 Å². The number of aryl methyl sites for hydroxylation is 1. The summed E-state index contributed by atoms with van der Waals surface area (Å²) >= 11 is 0. The van der Waals surface area contributed by atoms with Crippen LogP contribution in [0.5, 0.6) is 0 Å². The first kappa shape index (κ1) is 11.6. The van der Waals surface area contributed by atoms with Crippen LogP contribution >= 0.6 is 0 Å². The maximum Gasteiger partial charge on any atom is 0.120 e. The molecule has 1 aliphatic carbocycles. The van der Waals surface area contributed by atoms with Gasteiger partial charge in [-0.05, 0) is 25.7 Å². The van der Waals surface area contributed by atoms with Crippen molar-refractivity contribution in [2.75, 3.05) is 0 Å². The van der Waals surface area contributed by atoms with Crippen LogP contribution in [0.2, 0.25) is 0 Å². The summed E-state index contributed by atoms with van der Waals surface area (Å²) in [5.41, 5.74) is 2.43. The van der Waals surface area contributed by atoms with E-state index in [-0.39, 0.29) is 0 Å². The summed E-state index contributed by atoms with van der Waals surface area (Å²) in [7, 11) is 0. The van der Waals surface area contributed by atoms with Gasteiger partial charge in [0, 0.05) is 11.7 Å². The van der Waals surface area contributed by atoms with Gasteiger partial charge in [0.05, 0.1) is 12.2 Å². The second kappa shape index (κ2) is 5.00. The van der Waals surface area contributed by atoms with Gasteiger partial charge >= 0.3 is 0 Å². The molecule has 1 heterocycles. The van der Waals surface area contributed by atoms with Gasteiger partial charge in [0.2, 0.25) is 0 Å². The zero-order valence-electron chi connectivity index (χ0n) is 10.6. The molecule has 0 atom stereocenters. The monoisotopic (exact) mass is 221 g/mol. The Balaban J connectivity index is 1.91. The lowest BCUT2D eigenvalue weighted by Crippen LogP contribution is -2.25. The fraction of sp³-hybridized carbons (Fsp3) is 0.769. The minimum absolute atomic E-state index is 0.511. The number of rotatable bonds is 4. The molecule has 1 aromatic rings. The van der Waals surface area contributed by atoms with Crippen LogP contribution in [0.1, 0.15) is 62.7 Å². The van der Waals surface area contributed by atoms with Crippen molar-refractivity contribution in [3.8, 4) is 0 Å². The summed E-state index contributed by atoms with van der Waals surface area (Å²) in [6.07, 6.45) is 5.42. The molecule has 1 fully saturated rings. The quantitative estimate of drug-likeness (QED) is 0.820. The molecule has 16 heavy (non-hydrogen) atoms. The summed E-state index contributed by atoms with van der Waals surface area (Å²) in [6, 6.07) is 0.716. The van der Waals surface area contributed by atoms with Gasteiger partial charge in [-0.2, -0.15) is 0 Å². The van der Waals surface area contributed by atoms with E-state index in [1.165, 1.54) is 37.1 Å².